The number of rotatable bonds is 5. The van der Waals surface area contributed by atoms with Crippen LogP contribution in [0.25, 0.3) is 6.08 Å². The van der Waals surface area contributed by atoms with Crippen molar-refractivity contribution in [1.29, 1.82) is 0 Å². The summed E-state index contributed by atoms with van der Waals surface area (Å²) in [6.07, 6.45) is 1.46. The fourth-order valence-electron chi connectivity index (χ4n) is 2.69. The maximum absolute atomic E-state index is 12.4. The van der Waals surface area contributed by atoms with Gasteiger partial charge in [0, 0.05) is 5.56 Å². The number of esters is 1. The van der Waals surface area contributed by atoms with Crippen LogP contribution in [-0.4, -0.2) is 32.4 Å². The number of hydrogen-bond donors (Lipinski definition) is 0. The maximum atomic E-state index is 12.4. The van der Waals surface area contributed by atoms with Crippen molar-refractivity contribution in [3.63, 3.8) is 0 Å². The van der Waals surface area contributed by atoms with E-state index in [0.717, 1.165) is 0 Å². The van der Waals surface area contributed by atoms with E-state index in [9.17, 15) is 13.6 Å². The van der Waals surface area contributed by atoms with Gasteiger partial charge in [0.25, 0.3) is 0 Å². The molecule has 0 unspecified atom stereocenters. The van der Waals surface area contributed by atoms with E-state index in [1.54, 1.807) is 18.2 Å². The smallest absolute Gasteiger partial charge is 0.387 e. The molecular weight excluding hydrogens is 376 g/mol. The van der Waals surface area contributed by atoms with Gasteiger partial charge in [-0.3, -0.25) is 0 Å². The normalized spacial score (nSPS) is 16.4. The van der Waals surface area contributed by atoms with Gasteiger partial charge in [-0.1, -0.05) is 6.07 Å². The van der Waals surface area contributed by atoms with Gasteiger partial charge < -0.3 is 23.7 Å². The highest BCUT2D eigenvalue weighted by Gasteiger charge is 2.26. The molecule has 2 heterocycles. The van der Waals surface area contributed by atoms with E-state index < -0.39 is 12.6 Å². The van der Waals surface area contributed by atoms with Gasteiger partial charge in [-0.2, -0.15) is 8.78 Å². The van der Waals surface area contributed by atoms with E-state index in [2.05, 4.69) is 9.73 Å². The molecule has 2 aliphatic heterocycles. The Labute approximate surface area is 157 Å². The van der Waals surface area contributed by atoms with Crippen molar-refractivity contribution in [3.05, 3.63) is 53.2 Å². The van der Waals surface area contributed by atoms with E-state index in [0.29, 0.717) is 22.6 Å². The monoisotopic (exact) mass is 389 g/mol. The lowest BCUT2D eigenvalue weighted by Crippen LogP contribution is -2.05. The first-order chi connectivity index (χ1) is 13.5. The number of benzene rings is 2. The summed E-state index contributed by atoms with van der Waals surface area (Å²) < 4.78 is 50.0. The van der Waals surface area contributed by atoms with Crippen molar-refractivity contribution in [2.45, 2.75) is 6.61 Å². The molecule has 144 valence electrons. The zero-order chi connectivity index (χ0) is 19.7. The van der Waals surface area contributed by atoms with Crippen LogP contribution < -0.4 is 18.9 Å². The molecule has 0 radical (unpaired) electrons. The molecular formula is C19H13F2NO6. The van der Waals surface area contributed by atoms with E-state index in [-0.39, 0.29) is 29.9 Å². The summed E-state index contributed by atoms with van der Waals surface area (Å²) >= 11 is 0. The first-order valence-electron chi connectivity index (χ1n) is 8.09. The van der Waals surface area contributed by atoms with Gasteiger partial charge in [-0.05, 0) is 42.0 Å². The molecule has 28 heavy (non-hydrogen) atoms. The molecule has 2 aromatic rings. The third kappa shape index (κ3) is 3.46. The van der Waals surface area contributed by atoms with Gasteiger partial charge in [0.15, 0.2) is 28.7 Å². The average Bonchev–Trinajstić information content (AvgIpc) is 3.28. The summed E-state index contributed by atoms with van der Waals surface area (Å²) in [5.74, 6) is 0.605. The Morgan fingerprint density at radius 2 is 1.93 bits per heavy atom. The molecule has 0 aliphatic carbocycles. The Kier molecular flexibility index (Phi) is 4.56. The van der Waals surface area contributed by atoms with Crippen LogP contribution in [0.5, 0.6) is 23.0 Å². The quantitative estimate of drug-likeness (QED) is 0.577. The summed E-state index contributed by atoms with van der Waals surface area (Å²) in [5, 5.41) is 0. The molecule has 0 fully saturated rings. The van der Waals surface area contributed by atoms with Crippen molar-refractivity contribution in [2.75, 3.05) is 13.9 Å². The standard InChI is InChI=1S/C19H13F2NO6/c1-24-15-7-10(2-4-14(15)27-19(20)21)6-12-18(23)28-17(22-12)11-3-5-13-16(8-11)26-9-25-13/h2-8,19H,9H2,1H3/b12-6-. The van der Waals surface area contributed by atoms with Crippen LogP contribution in [0, 0.1) is 0 Å². The molecule has 0 saturated heterocycles. The summed E-state index contributed by atoms with van der Waals surface area (Å²) in [4.78, 5) is 16.4. The number of aliphatic imine (C=N–C) groups is 1. The number of halogens is 2. The number of fused-ring (bicyclic) bond motifs is 1. The summed E-state index contributed by atoms with van der Waals surface area (Å²) in [7, 11) is 1.32. The fourth-order valence-corrected chi connectivity index (χ4v) is 2.69. The van der Waals surface area contributed by atoms with Crippen LogP contribution in [0.15, 0.2) is 47.1 Å². The molecule has 0 N–H and O–H groups in total. The highest BCUT2D eigenvalue weighted by molar-refractivity contribution is 6.13. The van der Waals surface area contributed by atoms with Gasteiger partial charge in [0.1, 0.15) is 0 Å². The molecule has 9 heteroatoms. The minimum Gasteiger partial charge on any atom is -0.493 e. The molecule has 0 saturated carbocycles. The number of nitrogens with zero attached hydrogens (tertiary/aromatic N) is 1. The van der Waals surface area contributed by atoms with Crippen LogP contribution >= 0.6 is 0 Å². The molecule has 0 atom stereocenters. The fraction of sp³-hybridized carbons (Fsp3) is 0.158. The number of alkyl halides is 2. The van der Waals surface area contributed by atoms with Gasteiger partial charge in [-0.15, -0.1) is 0 Å². The number of cyclic esters (lactones) is 1. The molecule has 0 aromatic heterocycles. The highest BCUT2D eigenvalue weighted by Crippen LogP contribution is 2.34. The minimum absolute atomic E-state index is 0.0530. The zero-order valence-corrected chi connectivity index (χ0v) is 14.5. The lowest BCUT2D eigenvalue weighted by atomic mass is 10.1. The number of carbonyl (C=O) groups is 1. The van der Waals surface area contributed by atoms with E-state index in [1.165, 1.54) is 31.4 Å². The van der Waals surface area contributed by atoms with Crippen molar-refractivity contribution >= 4 is 17.9 Å². The third-order valence-corrected chi connectivity index (χ3v) is 3.95. The van der Waals surface area contributed by atoms with Crippen molar-refractivity contribution < 1.29 is 37.3 Å². The lowest BCUT2D eigenvalue weighted by molar-refractivity contribution is -0.129. The summed E-state index contributed by atoms with van der Waals surface area (Å²) in [6, 6.07) is 9.32. The van der Waals surface area contributed by atoms with Gasteiger partial charge in [-0.25, -0.2) is 9.79 Å². The Bertz CT molecular complexity index is 1000. The molecule has 0 bridgehead atoms. The second kappa shape index (κ2) is 7.18. The first-order valence-corrected chi connectivity index (χ1v) is 8.09. The average molecular weight is 389 g/mol. The van der Waals surface area contributed by atoms with Crippen molar-refractivity contribution in [1.82, 2.24) is 0 Å². The van der Waals surface area contributed by atoms with Crippen LogP contribution in [0.2, 0.25) is 0 Å². The Balaban J connectivity index is 1.62. The Hall–Kier alpha value is -3.62. The molecule has 2 aromatic carbocycles. The molecule has 2 aliphatic rings. The second-order valence-corrected chi connectivity index (χ2v) is 5.69. The molecule has 0 spiro atoms. The lowest BCUT2D eigenvalue weighted by Gasteiger charge is -2.10. The van der Waals surface area contributed by atoms with E-state index in [1.807, 2.05) is 0 Å². The number of carbonyl (C=O) groups excluding carboxylic acids is 1. The van der Waals surface area contributed by atoms with Crippen LogP contribution in [-0.2, 0) is 9.53 Å². The Morgan fingerprint density at radius 3 is 2.71 bits per heavy atom. The van der Waals surface area contributed by atoms with E-state index >= 15 is 0 Å². The van der Waals surface area contributed by atoms with Crippen molar-refractivity contribution in [3.8, 4) is 23.0 Å². The maximum Gasteiger partial charge on any atom is 0.387 e. The second-order valence-electron chi connectivity index (χ2n) is 5.69. The number of methoxy groups -OCH3 is 1. The van der Waals surface area contributed by atoms with Gasteiger partial charge in [0.05, 0.1) is 7.11 Å². The number of ether oxygens (including phenoxy) is 5. The highest BCUT2D eigenvalue weighted by atomic mass is 19.3. The van der Waals surface area contributed by atoms with Crippen LogP contribution in [0.1, 0.15) is 11.1 Å². The molecule has 4 rings (SSSR count). The predicted molar refractivity (Wildman–Crippen MR) is 92.8 cm³/mol. The predicted octanol–water partition coefficient (Wildman–Crippen LogP) is 3.37. The third-order valence-electron chi connectivity index (χ3n) is 3.95. The van der Waals surface area contributed by atoms with Gasteiger partial charge in [0.2, 0.25) is 12.7 Å². The summed E-state index contributed by atoms with van der Waals surface area (Å²) in [5.41, 5.74) is 1.11. The SMILES string of the molecule is COc1cc(/C=C2\N=C(c3ccc4c(c3)OCO4)OC2=O)ccc1OC(F)F. The zero-order valence-electron chi connectivity index (χ0n) is 14.5. The topological polar surface area (TPSA) is 75.6 Å². The van der Waals surface area contributed by atoms with Crippen molar-refractivity contribution in [2.24, 2.45) is 4.99 Å². The largest absolute Gasteiger partial charge is 0.493 e. The molecule has 0 amide bonds. The summed E-state index contributed by atoms with van der Waals surface area (Å²) in [6.45, 7) is -2.85. The molecule has 7 nitrogen and oxygen atoms in total. The van der Waals surface area contributed by atoms with Gasteiger partial charge >= 0.3 is 12.6 Å². The van der Waals surface area contributed by atoms with Crippen LogP contribution in [0.3, 0.4) is 0 Å². The number of hydrogen-bond acceptors (Lipinski definition) is 7. The van der Waals surface area contributed by atoms with E-state index in [4.69, 9.17) is 18.9 Å². The Morgan fingerprint density at radius 1 is 1.11 bits per heavy atom. The first kappa shape index (κ1) is 17.8. The van der Waals surface area contributed by atoms with Crippen LogP contribution in [0.4, 0.5) is 8.78 Å². The minimum atomic E-state index is -2.98.